The zero-order valence-electron chi connectivity index (χ0n) is 12.3. The summed E-state index contributed by atoms with van der Waals surface area (Å²) >= 11 is 1.79. The van der Waals surface area contributed by atoms with Gasteiger partial charge in [-0.05, 0) is 36.6 Å². The molecule has 0 saturated carbocycles. The Morgan fingerprint density at radius 1 is 1.25 bits per heavy atom. The molecule has 108 valence electrons. The van der Waals surface area contributed by atoms with Gasteiger partial charge in [-0.15, -0.1) is 11.3 Å². The quantitative estimate of drug-likeness (QED) is 0.887. The van der Waals surface area contributed by atoms with Gasteiger partial charge in [-0.3, -0.25) is 0 Å². The maximum atomic E-state index is 5.69. The predicted molar refractivity (Wildman–Crippen MR) is 84.8 cm³/mol. The Kier molecular flexibility index (Phi) is 5.15. The van der Waals surface area contributed by atoms with Crippen LogP contribution in [0.15, 0.2) is 24.3 Å². The zero-order chi connectivity index (χ0) is 14.5. The first-order valence-corrected chi connectivity index (χ1v) is 7.77. The predicted octanol–water partition coefficient (Wildman–Crippen LogP) is 3.37. The number of hydrogen-bond acceptors (Lipinski definition) is 4. The fraction of sp³-hybridized carbons (Fsp3) is 0.438. The van der Waals surface area contributed by atoms with E-state index < -0.39 is 0 Å². The van der Waals surface area contributed by atoms with Gasteiger partial charge >= 0.3 is 0 Å². The Balaban J connectivity index is 2.17. The summed E-state index contributed by atoms with van der Waals surface area (Å²) in [6.45, 7) is 5.06. The number of benzene rings is 1. The molecular weight excluding hydrogens is 268 g/mol. The first-order chi connectivity index (χ1) is 9.63. The highest BCUT2D eigenvalue weighted by Crippen LogP contribution is 2.27. The van der Waals surface area contributed by atoms with Crippen LogP contribution in [0.4, 0.5) is 0 Å². The van der Waals surface area contributed by atoms with E-state index in [4.69, 9.17) is 15.5 Å². The van der Waals surface area contributed by atoms with E-state index in [2.05, 4.69) is 26.0 Å². The topological polar surface area (TPSA) is 48.1 Å². The monoisotopic (exact) mass is 290 g/mol. The number of nitrogens with two attached hydrogens (primary N) is 1. The number of hydrogen-bond donors (Lipinski definition) is 1. The third-order valence-corrected chi connectivity index (χ3v) is 4.34. The number of thiazole rings is 1. The molecular formula is C16H22N2OS. The summed E-state index contributed by atoms with van der Waals surface area (Å²) in [5, 5.41) is 1.17. The fourth-order valence-corrected chi connectivity index (χ4v) is 3.44. The van der Waals surface area contributed by atoms with E-state index >= 15 is 0 Å². The van der Waals surface area contributed by atoms with Crippen LogP contribution in [-0.2, 0) is 12.8 Å². The van der Waals surface area contributed by atoms with Crippen LogP contribution in [-0.4, -0.2) is 18.6 Å². The normalized spacial score (nSPS) is 11.1. The van der Waals surface area contributed by atoms with E-state index in [0.29, 0.717) is 12.5 Å². The van der Waals surface area contributed by atoms with Crippen LogP contribution < -0.4 is 10.5 Å². The maximum Gasteiger partial charge on any atom is 0.118 e. The Morgan fingerprint density at radius 3 is 2.50 bits per heavy atom. The van der Waals surface area contributed by atoms with Crippen molar-refractivity contribution in [2.75, 3.05) is 13.7 Å². The maximum absolute atomic E-state index is 5.69. The molecule has 2 aromatic rings. The van der Waals surface area contributed by atoms with Gasteiger partial charge in [0.05, 0.1) is 17.8 Å². The highest BCUT2D eigenvalue weighted by molar-refractivity contribution is 7.11. The lowest BCUT2D eigenvalue weighted by Crippen LogP contribution is -2.04. The number of rotatable bonds is 6. The van der Waals surface area contributed by atoms with Gasteiger partial charge < -0.3 is 10.5 Å². The molecule has 0 fully saturated rings. The molecule has 2 rings (SSSR count). The second-order valence-electron chi connectivity index (χ2n) is 5.13. The fourth-order valence-electron chi connectivity index (χ4n) is 2.17. The van der Waals surface area contributed by atoms with Crippen LogP contribution in [0.25, 0.3) is 0 Å². The molecule has 2 N–H and O–H groups in total. The lowest BCUT2D eigenvalue weighted by atomic mass is 10.1. The molecule has 1 aromatic carbocycles. The molecule has 0 aliphatic rings. The minimum absolute atomic E-state index is 0.456. The first-order valence-electron chi connectivity index (χ1n) is 6.95. The highest BCUT2D eigenvalue weighted by Gasteiger charge is 2.13. The molecule has 1 aromatic heterocycles. The van der Waals surface area contributed by atoms with E-state index in [9.17, 15) is 0 Å². The molecule has 0 aliphatic heterocycles. The number of methoxy groups -OCH3 is 1. The summed E-state index contributed by atoms with van der Waals surface area (Å²) in [6.07, 6.45) is 1.80. The molecule has 0 radical (unpaired) electrons. The Morgan fingerprint density at radius 2 is 1.95 bits per heavy atom. The van der Waals surface area contributed by atoms with Crippen LogP contribution >= 0.6 is 11.3 Å². The van der Waals surface area contributed by atoms with Crippen molar-refractivity contribution < 1.29 is 4.74 Å². The van der Waals surface area contributed by atoms with Crippen molar-refractivity contribution >= 4 is 11.3 Å². The van der Waals surface area contributed by atoms with Gasteiger partial charge in [0.1, 0.15) is 5.75 Å². The van der Waals surface area contributed by atoms with Crippen LogP contribution in [0.5, 0.6) is 5.75 Å². The summed E-state index contributed by atoms with van der Waals surface area (Å²) < 4.78 is 5.18. The smallest absolute Gasteiger partial charge is 0.118 e. The zero-order valence-corrected chi connectivity index (χ0v) is 13.2. The van der Waals surface area contributed by atoms with Gasteiger partial charge in [-0.25, -0.2) is 4.98 Å². The molecule has 4 heteroatoms. The molecule has 0 spiro atoms. The van der Waals surface area contributed by atoms with Crippen LogP contribution in [0.1, 0.15) is 40.9 Å². The number of ether oxygens (including phenoxy) is 1. The van der Waals surface area contributed by atoms with Crippen LogP contribution in [0.3, 0.4) is 0 Å². The average Bonchev–Trinajstić information content (AvgIpc) is 2.83. The van der Waals surface area contributed by atoms with Crippen molar-refractivity contribution in [2.24, 2.45) is 5.73 Å². The van der Waals surface area contributed by atoms with E-state index in [1.807, 2.05) is 12.1 Å². The van der Waals surface area contributed by atoms with Gasteiger partial charge in [0, 0.05) is 11.3 Å². The van der Waals surface area contributed by atoms with E-state index in [1.165, 1.54) is 21.1 Å². The van der Waals surface area contributed by atoms with Crippen molar-refractivity contribution in [2.45, 2.75) is 32.6 Å². The SMILES string of the molecule is COc1ccc(Cc2nc(C(C)C)c(CCN)s2)cc1. The molecule has 20 heavy (non-hydrogen) atoms. The van der Waals surface area contributed by atoms with Gasteiger partial charge in [-0.2, -0.15) is 0 Å². The Bertz CT molecular complexity index is 546. The lowest BCUT2D eigenvalue weighted by Gasteiger charge is -2.03. The summed E-state index contributed by atoms with van der Waals surface area (Å²) in [4.78, 5) is 6.14. The highest BCUT2D eigenvalue weighted by atomic mass is 32.1. The first kappa shape index (κ1) is 15.0. The third-order valence-electron chi connectivity index (χ3n) is 3.20. The van der Waals surface area contributed by atoms with Gasteiger partial charge in [0.25, 0.3) is 0 Å². The summed E-state index contributed by atoms with van der Waals surface area (Å²) in [7, 11) is 1.68. The second kappa shape index (κ2) is 6.86. The Labute approximate surface area is 124 Å². The van der Waals surface area contributed by atoms with E-state index in [0.717, 1.165) is 18.6 Å². The van der Waals surface area contributed by atoms with E-state index in [1.54, 1.807) is 18.4 Å². The molecule has 0 atom stereocenters. The molecule has 0 unspecified atom stereocenters. The van der Waals surface area contributed by atoms with Crippen molar-refractivity contribution in [1.29, 1.82) is 0 Å². The van der Waals surface area contributed by atoms with Crippen LogP contribution in [0.2, 0.25) is 0 Å². The average molecular weight is 290 g/mol. The lowest BCUT2D eigenvalue weighted by molar-refractivity contribution is 0.414. The third kappa shape index (κ3) is 3.58. The molecule has 3 nitrogen and oxygen atoms in total. The minimum atomic E-state index is 0.456. The molecule has 1 heterocycles. The summed E-state index contributed by atoms with van der Waals surface area (Å²) in [5.74, 6) is 1.34. The second-order valence-corrected chi connectivity index (χ2v) is 6.30. The van der Waals surface area contributed by atoms with Gasteiger partial charge in [-0.1, -0.05) is 26.0 Å². The Hall–Kier alpha value is -1.39. The largest absolute Gasteiger partial charge is 0.497 e. The van der Waals surface area contributed by atoms with Crippen molar-refractivity contribution in [3.8, 4) is 5.75 Å². The van der Waals surface area contributed by atoms with Crippen molar-refractivity contribution in [1.82, 2.24) is 4.98 Å². The van der Waals surface area contributed by atoms with Gasteiger partial charge in [0.2, 0.25) is 0 Å². The van der Waals surface area contributed by atoms with Gasteiger partial charge in [0.15, 0.2) is 0 Å². The molecule has 0 aliphatic carbocycles. The molecule has 0 bridgehead atoms. The summed E-state index contributed by atoms with van der Waals surface area (Å²) in [5.41, 5.74) is 8.16. The van der Waals surface area contributed by atoms with Crippen molar-refractivity contribution in [3.63, 3.8) is 0 Å². The molecule has 0 amide bonds. The van der Waals surface area contributed by atoms with Crippen molar-refractivity contribution in [3.05, 3.63) is 45.4 Å². The van der Waals surface area contributed by atoms with E-state index in [-0.39, 0.29) is 0 Å². The minimum Gasteiger partial charge on any atom is -0.497 e. The van der Waals surface area contributed by atoms with Crippen LogP contribution in [0, 0.1) is 0 Å². The number of nitrogens with zero attached hydrogens (tertiary/aromatic N) is 1. The summed E-state index contributed by atoms with van der Waals surface area (Å²) in [6, 6.07) is 8.18. The standard InChI is InChI=1S/C16H22N2OS/c1-11(2)16-14(8-9-17)20-15(18-16)10-12-4-6-13(19-3)7-5-12/h4-7,11H,8-10,17H2,1-3H3. The molecule has 0 saturated heterocycles. The number of aromatic nitrogens is 1.